The van der Waals surface area contributed by atoms with Crippen LogP contribution in [0.1, 0.15) is 13.0 Å². The smallest absolute Gasteiger partial charge is 0.329 e. The van der Waals surface area contributed by atoms with Crippen molar-refractivity contribution in [3.63, 3.8) is 0 Å². The third-order valence-corrected chi connectivity index (χ3v) is 1.82. The number of aromatic amines is 1. The van der Waals surface area contributed by atoms with Gasteiger partial charge in [0.15, 0.2) is 0 Å². The monoisotopic (exact) mass is 198 g/mol. The lowest BCUT2D eigenvalue weighted by Gasteiger charge is -2.10. The molecular weight excluding hydrogens is 188 g/mol. The molecule has 1 amide bonds. The highest BCUT2D eigenvalue weighted by atomic mass is 16.2. The number of nitrogens with one attached hydrogen (secondary N) is 1. The number of rotatable bonds is 2. The summed E-state index contributed by atoms with van der Waals surface area (Å²) in [4.78, 5) is 34.8. The summed E-state index contributed by atoms with van der Waals surface area (Å²) in [7, 11) is 0. The van der Waals surface area contributed by atoms with Crippen molar-refractivity contribution in [2.24, 2.45) is 5.73 Å². The van der Waals surface area contributed by atoms with Crippen molar-refractivity contribution in [1.82, 2.24) is 9.55 Å². The standard InChI is InChI=1S/C7H10N4O3/c1-3(5(9)12)11-2-4(8)6(13)10-7(11)14/h2-3H,8H2,1H3,(H2,9,12)(H,10,13,14). The van der Waals surface area contributed by atoms with Gasteiger partial charge in [0.05, 0.1) is 0 Å². The zero-order chi connectivity index (χ0) is 10.9. The van der Waals surface area contributed by atoms with Crippen LogP contribution in [0.3, 0.4) is 0 Å². The number of nitrogen functional groups attached to an aromatic ring is 1. The van der Waals surface area contributed by atoms with E-state index in [0.29, 0.717) is 0 Å². The number of hydrogen-bond acceptors (Lipinski definition) is 4. The Hall–Kier alpha value is -2.05. The van der Waals surface area contributed by atoms with Gasteiger partial charge in [-0.2, -0.15) is 0 Å². The lowest BCUT2D eigenvalue weighted by atomic mass is 10.3. The van der Waals surface area contributed by atoms with Crippen molar-refractivity contribution < 1.29 is 4.79 Å². The average Bonchev–Trinajstić information content (AvgIpc) is 2.10. The molecule has 1 aromatic rings. The Morgan fingerprint density at radius 3 is 2.64 bits per heavy atom. The van der Waals surface area contributed by atoms with Gasteiger partial charge in [-0.1, -0.05) is 0 Å². The molecule has 0 saturated carbocycles. The van der Waals surface area contributed by atoms with Crippen LogP contribution in [0.2, 0.25) is 0 Å². The molecule has 14 heavy (non-hydrogen) atoms. The maximum Gasteiger partial charge on any atom is 0.329 e. The Bertz CT molecular complexity index is 473. The van der Waals surface area contributed by atoms with Crippen molar-refractivity contribution in [3.05, 3.63) is 27.0 Å². The molecule has 0 radical (unpaired) electrons. The van der Waals surface area contributed by atoms with Gasteiger partial charge >= 0.3 is 5.69 Å². The molecule has 5 N–H and O–H groups in total. The maximum absolute atomic E-state index is 11.2. The van der Waals surface area contributed by atoms with Crippen LogP contribution in [0.15, 0.2) is 15.8 Å². The fraction of sp³-hybridized carbons (Fsp3) is 0.286. The van der Waals surface area contributed by atoms with Crippen LogP contribution >= 0.6 is 0 Å². The number of aromatic nitrogens is 2. The molecule has 0 aromatic carbocycles. The van der Waals surface area contributed by atoms with Gasteiger partial charge in [0.2, 0.25) is 5.91 Å². The first-order valence-electron chi connectivity index (χ1n) is 3.83. The van der Waals surface area contributed by atoms with Gasteiger partial charge in [0.25, 0.3) is 5.56 Å². The van der Waals surface area contributed by atoms with Gasteiger partial charge in [-0.3, -0.25) is 19.1 Å². The van der Waals surface area contributed by atoms with Crippen LogP contribution in [0.4, 0.5) is 5.69 Å². The normalized spacial score (nSPS) is 12.4. The second-order valence-electron chi connectivity index (χ2n) is 2.83. The Kier molecular flexibility index (Phi) is 2.41. The summed E-state index contributed by atoms with van der Waals surface area (Å²) < 4.78 is 0.971. The molecule has 1 rings (SSSR count). The van der Waals surface area contributed by atoms with Crippen molar-refractivity contribution in [1.29, 1.82) is 0 Å². The summed E-state index contributed by atoms with van der Waals surface area (Å²) in [5, 5.41) is 0. The zero-order valence-electron chi connectivity index (χ0n) is 7.48. The highest BCUT2D eigenvalue weighted by Crippen LogP contribution is 2.00. The minimum atomic E-state index is -0.846. The molecule has 0 aliphatic heterocycles. The van der Waals surface area contributed by atoms with Crippen molar-refractivity contribution in [2.75, 3.05) is 5.73 Å². The molecule has 0 aliphatic carbocycles. The van der Waals surface area contributed by atoms with Gasteiger partial charge < -0.3 is 11.5 Å². The predicted octanol–water partition coefficient (Wildman–Crippen LogP) is -1.83. The Morgan fingerprint density at radius 1 is 1.57 bits per heavy atom. The summed E-state index contributed by atoms with van der Waals surface area (Å²) in [6, 6.07) is -0.846. The van der Waals surface area contributed by atoms with Gasteiger partial charge in [-0.15, -0.1) is 0 Å². The summed E-state index contributed by atoms with van der Waals surface area (Å²) in [5.41, 5.74) is 8.73. The molecule has 0 saturated heterocycles. The minimum Gasteiger partial charge on any atom is -0.393 e. The quantitative estimate of drug-likeness (QED) is 0.516. The lowest BCUT2D eigenvalue weighted by Crippen LogP contribution is -2.37. The van der Waals surface area contributed by atoms with E-state index in [1.54, 1.807) is 0 Å². The first kappa shape index (κ1) is 10.0. The van der Waals surface area contributed by atoms with E-state index in [1.807, 2.05) is 4.98 Å². The molecule has 0 aliphatic rings. The van der Waals surface area contributed by atoms with Gasteiger partial charge in [-0.05, 0) is 6.92 Å². The Labute approximate surface area is 78.3 Å². The highest BCUT2D eigenvalue weighted by molar-refractivity contribution is 5.77. The van der Waals surface area contributed by atoms with E-state index in [4.69, 9.17) is 11.5 Å². The summed E-state index contributed by atoms with van der Waals surface area (Å²) >= 11 is 0. The van der Waals surface area contributed by atoms with Crippen LogP contribution < -0.4 is 22.7 Å². The second-order valence-corrected chi connectivity index (χ2v) is 2.83. The number of hydrogen-bond donors (Lipinski definition) is 3. The van der Waals surface area contributed by atoms with Crippen LogP contribution in [0, 0.1) is 0 Å². The fourth-order valence-corrected chi connectivity index (χ4v) is 0.926. The lowest BCUT2D eigenvalue weighted by molar-refractivity contribution is -0.120. The van der Waals surface area contributed by atoms with Crippen LogP contribution in [0.5, 0.6) is 0 Å². The van der Waals surface area contributed by atoms with E-state index in [9.17, 15) is 14.4 Å². The minimum absolute atomic E-state index is 0.141. The number of anilines is 1. The van der Waals surface area contributed by atoms with E-state index >= 15 is 0 Å². The molecule has 0 fully saturated rings. The molecule has 1 unspecified atom stereocenters. The number of carbonyl (C=O) groups is 1. The van der Waals surface area contributed by atoms with Crippen molar-refractivity contribution in [2.45, 2.75) is 13.0 Å². The van der Waals surface area contributed by atoms with E-state index in [0.717, 1.165) is 10.8 Å². The molecule has 1 heterocycles. The summed E-state index contributed by atoms with van der Waals surface area (Å²) in [6.45, 7) is 1.43. The summed E-state index contributed by atoms with van der Waals surface area (Å²) in [5.74, 6) is -0.682. The third kappa shape index (κ3) is 1.65. The van der Waals surface area contributed by atoms with E-state index < -0.39 is 23.2 Å². The number of H-pyrrole nitrogens is 1. The third-order valence-electron chi connectivity index (χ3n) is 1.82. The molecule has 0 spiro atoms. The number of nitrogens with two attached hydrogens (primary N) is 2. The van der Waals surface area contributed by atoms with Gasteiger partial charge in [0.1, 0.15) is 11.7 Å². The van der Waals surface area contributed by atoms with E-state index in [1.165, 1.54) is 6.92 Å². The number of carbonyl (C=O) groups excluding carboxylic acids is 1. The average molecular weight is 198 g/mol. The molecule has 7 nitrogen and oxygen atoms in total. The topological polar surface area (TPSA) is 124 Å². The van der Waals surface area contributed by atoms with Crippen molar-refractivity contribution in [3.8, 4) is 0 Å². The maximum atomic E-state index is 11.2. The molecular formula is C7H10N4O3. The SMILES string of the molecule is CC(C(N)=O)n1cc(N)c(=O)[nH]c1=O. The van der Waals surface area contributed by atoms with E-state index in [-0.39, 0.29) is 5.69 Å². The zero-order valence-corrected chi connectivity index (χ0v) is 7.48. The first-order valence-corrected chi connectivity index (χ1v) is 3.83. The Balaban J connectivity index is 3.37. The largest absolute Gasteiger partial charge is 0.393 e. The van der Waals surface area contributed by atoms with Crippen molar-refractivity contribution >= 4 is 11.6 Å². The molecule has 1 aromatic heterocycles. The molecule has 1 atom stereocenters. The number of nitrogens with zero attached hydrogens (tertiary/aromatic N) is 1. The first-order chi connectivity index (χ1) is 6.43. The number of primary amides is 1. The van der Waals surface area contributed by atoms with Gasteiger partial charge in [-0.25, -0.2) is 4.79 Å². The fourth-order valence-electron chi connectivity index (χ4n) is 0.926. The molecule has 0 bridgehead atoms. The number of amides is 1. The predicted molar refractivity (Wildman–Crippen MR) is 49.6 cm³/mol. The highest BCUT2D eigenvalue weighted by Gasteiger charge is 2.13. The van der Waals surface area contributed by atoms with E-state index in [2.05, 4.69) is 0 Å². The Morgan fingerprint density at radius 2 is 2.14 bits per heavy atom. The molecule has 7 heteroatoms. The second kappa shape index (κ2) is 3.36. The summed E-state index contributed by atoms with van der Waals surface area (Å²) in [6.07, 6.45) is 1.09. The van der Waals surface area contributed by atoms with Crippen LogP contribution in [-0.2, 0) is 4.79 Å². The molecule has 76 valence electrons. The van der Waals surface area contributed by atoms with Crippen LogP contribution in [-0.4, -0.2) is 15.5 Å². The van der Waals surface area contributed by atoms with Crippen LogP contribution in [0.25, 0.3) is 0 Å². The van der Waals surface area contributed by atoms with Gasteiger partial charge in [0, 0.05) is 6.20 Å².